The Hall–Kier alpha value is -1.55. The van der Waals surface area contributed by atoms with Gasteiger partial charge < -0.3 is 15.4 Å². The molecule has 1 aliphatic rings. The number of carbonyl (C=O) groups is 1. The first-order chi connectivity index (χ1) is 9.13. The van der Waals surface area contributed by atoms with Crippen LogP contribution in [0.4, 0.5) is 0 Å². The van der Waals surface area contributed by atoms with Gasteiger partial charge in [-0.05, 0) is 18.6 Å². The zero-order valence-electron chi connectivity index (χ0n) is 11.5. The summed E-state index contributed by atoms with van der Waals surface area (Å²) < 4.78 is 5.52. The molecule has 0 spiro atoms. The van der Waals surface area contributed by atoms with Crippen molar-refractivity contribution in [1.29, 1.82) is 0 Å². The fourth-order valence-corrected chi connectivity index (χ4v) is 2.48. The number of hydrogen-bond donors (Lipinski definition) is 1. The lowest BCUT2D eigenvalue weighted by atomic mass is 9.86. The molecule has 19 heavy (non-hydrogen) atoms. The maximum Gasteiger partial charge on any atom is 0.226 e. The van der Waals surface area contributed by atoms with Gasteiger partial charge in [0.2, 0.25) is 5.91 Å². The highest BCUT2D eigenvalue weighted by Crippen LogP contribution is 2.23. The third-order valence-corrected chi connectivity index (χ3v) is 3.44. The van der Waals surface area contributed by atoms with E-state index in [0.29, 0.717) is 26.1 Å². The highest BCUT2D eigenvalue weighted by Gasteiger charge is 2.40. The van der Waals surface area contributed by atoms with E-state index in [-0.39, 0.29) is 11.4 Å². The Balaban J connectivity index is 1.66. The fraction of sp³-hybridized carbons (Fsp3) is 0.533. The first-order valence-corrected chi connectivity index (χ1v) is 6.87. The lowest BCUT2D eigenvalue weighted by Crippen LogP contribution is -2.68. The lowest BCUT2D eigenvalue weighted by Gasteiger charge is -2.47. The monoisotopic (exact) mass is 262 g/mol. The summed E-state index contributed by atoms with van der Waals surface area (Å²) in [4.78, 5) is 13.7. The lowest BCUT2D eigenvalue weighted by molar-refractivity contribution is -0.139. The third-order valence-electron chi connectivity index (χ3n) is 3.44. The summed E-state index contributed by atoms with van der Waals surface area (Å²) in [5.74, 6) is 0.936. The second-order valence-electron chi connectivity index (χ2n) is 5.27. The van der Waals surface area contributed by atoms with Gasteiger partial charge in [-0.1, -0.05) is 31.5 Å². The summed E-state index contributed by atoms with van der Waals surface area (Å²) >= 11 is 0. The van der Waals surface area contributed by atoms with Crippen LogP contribution in [-0.2, 0) is 4.79 Å². The molecule has 0 saturated carbocycles. The Morgan fingerprint density at radius 3 is 2.68 bits per heavy atom. The molecule has 2 N–H and O–H groups in total. The standard InChI is InChI=1S/C15H22N2O2/c1-2-9-15(16)11-17(12-15)14(18)8-10-19-13-6-4-3-5-7-13/h3-7H,2,8-12,16H2,1H3. The second kappa shape index (κ2) is 6.06. The van der Waals surface area contributed by atoms with Gasteiger partial charge in [0, 0.05) is 13.1 Å². The smallest absolute Gasteiger partial charge is 0.226 e. The van der Waals surface area contributed by atoms with Crippen molar-refractivity contribution in [2.24, 2.45) is 5.73 Å². The average Bonchev–Trinajstić information content (AvgIpc) is 2.37. The molecule has 1 fully saturated rings. The zero-order chi connectivity index (χ0) is 13.7. The van der Waals surface area contributed by atoms with Crippen LogP contribution in [0.1, 0.15) is 26.2 Å². The molecule has 1 aliphatic heterocycles. The van der Waals surface area contributed by atoms with Crippen molar-refractivity contribution in [3.63, 3.8) is 0 Å². The van der Waals surface area contributed by atoms with Crippen LogP contribution in [0.2, 0.25) is 0 Å². The molecule has 104 valence electrons. The Bertz CT molecular complexity index is 413. The molecule has 0 unspecified atom stereocenters. The predicted molar refractivity (Wildman–Crippen MR) is 75.0 cm³/mol. The van der Waals surface area contributed by atoms with E-state index in [1.165, 1.54) is 0 Å². The minimum absolute atomic E-state index is 0.133. The van der Waals surface area contributed by atoms with Gasteiger partial charge in [-0.3, -0.25) is 4.79 Å². The van der Waals surface area contributed by atoms with Gasteiger partial charge in [0.15, 0.2) is 0 Å². The topological polar surface area (TPSA) is 55.6 Å². The normalized spacial score (nSPS) is 16.8. The molecule has 0 aromatic heterocycles. The molecule has 1 saturated heterocycles. The number of nitrogens with zero attached hydrogens (tertiary/aromatic N) is 1. The number of nitrogens with two attached hydrogens (primary N) is 1. The van der Waals surface area contributed by atoms with Crippen molar-refractivity contribution in [2.75, 3.05) is 19.7 Å². The predicted octanol–water partition coefficient (Wildman–Crippen LogP) is 1.80. The number of para-hydroxylation sites is 1. The number of benzene rings is 1. The number of ether oxygens (including phenoxy) is 1. The maximum absolute atomic E-state index is 11.9. The van der Waals surface area contributed by atoms with Crippen molar-refractivity contribution in [2.45, 2.75) is 31.7 Å². The number of likely N-dealkylation sites (tertiary alicyclic amines) is 1. The molecule has 4 heteroatoms. The number of amides is 1. The van der Waals surface area contributed by atoms with Gasteiger partial charge in [0.1, 0.15) is 5.75 Å². The molecule has 1 aromatic rings. The van der Waals surface area contributed by atoms with E-state index in [0.717, 1.165) is 18.6 Å². The number of carbonyl (C=O) groups excluding carboxylic acids is 1. The van der Waals surface area contributed by atoms with Crippen LogP contribution in [0.15, 0.2) is 30.3 Å². The largest absolute Gasteiger partial charge is 0.493 e. The molecular weight excluding hydrogens is 240 g/mol. The summed E-state index contributed by atoms with van der Waals surface area (Å²) in [5.41, 5.74) is 5.99. The van der Waals surface area contributed by atoms with Gasteiger partial charge >= 0.3 is 0 Å². The quantitative estimate of drug-likeness (QED) is 0.850. The summed E-state index contributed by atoms with van der Waals surface area (Å²) in [6.07, 6.45) is 2.46. The van der Waals surface area contributed by atoms with E-state index in [2.05, 4.69) is 6.92 Å². The Morgan fingerprint density at radius 1 is 1.37 bits per heavy atom. The highest BCUT2D eigenvalue weighted by molar-refractivity contribution is 5.77. The molecule has 1 aromatic carbocycles. The molecule has 0 bridgehead atoms. The van der Waals surface area contributed by atoms with Crippen molar-refractivity contribution in [1.82, 2.24) is 4.90 Å². The fourth-order valence-electron chi connectivity index (χ4n) is 2.48. The molecule has 4 nitrogen and oxygen atoms in total. The van der Waals surface area contributed by atoms with Crippen molar-refractivity contribution >= 4 is 5.91 Å². The Kier molecular flexibility index (Phi) is 4.43. The highest BCUT2D eigenvalue weighted by atomic mass is 16.5. The molecule has 0 aliphatic carbocycles. The number of rotatable bonds is 6. The van der Waals surface area contributed by atoms with Crippen LogP contribution in [0, 0.1) is 0 Å². The molecule has 2 rings (SSSR count). The van der Waals surface area contributed by atoms with Crippen molar-refractivity contribution in [3.05, 3.63) is 30.3 Å². The SMILES string of the molecule is CCCC1(N)CN(C(=O)CCOc2ccccc2)C1. The maximum atomic E-state index is 11.9. The first-order valence-electron chi connectivity index (χ1n) is 6.87. The van der Waals surface area contributed by atoms with E-state index in [1.807, 2.05) is 35.2 Å². The van der Waals surface area contributed by atoms with Gasteiger partial charge in [0.05, 0.1) is 18.6 Å². The van der Waals surface area contributed by atoms with Crippen LogP contribution in [0.25, 0.3) is 0 Å². The zero-order valence-corrected chi connectivity index (χ0v) is 11.5. The molecule has 0 atom stereocenters. The van der Waals surface area contributed by atoms with Gasteiger partial charge in [0.25, 0.3) is 0 Å². The minimum Gasteiger partial charge on any atom is -0.493 e. The molecular formula is C15H22N2O2. The second-order valence-corrected chi connectivity index (χ2v) is 5.27. The Labute approximate surface area is 114 Å². The Morgan fingerprint density at radius 2 is 2.05 bits per heavy atom. The third kappa shape index (κ3) is 3.70. The number of hydrogen-bond acceptors (Lipinski definition) is 3. The summed E-state index contributed by atoms with van der Waals surface area (Å²) in [6.45, 7) is 3.91. The van der Waals surface area contributed by atoms with E-state index >= 15 is 0 Å². The van der Waals surface area contributed by atoms with E-state index in [4.69, 9.17) is 10.5 Å². The van der Waals surface area contributed by atoms with Gasteiger partial charge in [-0.25, -0.2) is 0 Å². The summed E-state index contributed by atoms with van der Waals surface area (Å²) in [7, 11) is 0. The van der Waals surface area contributed by atoms with Crippen LogP contribution in [0.5, 0.6) is 5.75 Å². The van der Waals surface area contributed by atoms with Crippen molar-refractivity contribution in [3.8, 4) is 5.75 Å². The van der Waals surface area contributed by atoms with E-state index in [9.17, 15) is 4.79 Å². The molecule has 1 heterocycles. The average molecular weight is 262 g/mol. The summed E-state index contributed by atoms with van der Waals surface area (Å²) in [5, 5.41) is 0. The minimum atomic E-state index is -0.148. The van der Waals surface area contributed by atoms with Crippen molar-refractivity contribution < 1.29 is 9.53 Å². The van der Waals surface area contributed by atoms with E-state index in [1.54, 1.807) is 0 Å². The van der Waals surface area contributed by atoms with Crippen LogP contribution in [0.3, 0.4) is 0 Å². The van der Waals surface area contributed by atoms with E-state index < -0.39 is 0 Å². The first kappa shape index (κ1) is 13.9. The van der Waals surface area contributed by atoms with Crippen LogP contribution < -0.4 is 10.5 Å². The molecule has 1 amide bonds. The molecule has 0 radical (unpaired) electrons. The van der Waals surface area contributed by atoms with Crippen LogP contribution >= 0.6 is 0 Å². The van der Waals surface area contributed by atoms with Crippen LogP contribution in [-0.4, -0.2) is 36.0 Å². The summed E-state index contributed by atoms with van der Waals surface area (Å²) in [6, 6.07) is 9.55. The van der Waals surface area contributed by atoms with Gasteiger partial charge in [-0.15, -0.1) is 0 Å². The van der Waals surface area contributed by atoms with Gasteiger partial charge in [-0.2, -0.15) is 0 Å².